The Morgan fingerprint density at radius 1 is 1.35 bits per heavy atom. The molecule has 0 radical (unpaired) electrons. The first-order chi connectivity index (χ1) is 9.70. The molecule has 1 aliphatic heterocycles. The van der Waals surface area contributed by atoms with Gasteiger partial charge < -0.3 is 5.11 Å². The third-order valence-corrected chi connectivity index (χ3v) is 5.11. The largest absolute Gasteiger partial charge is 0.480 e. The highest BCUT2D eigenvalue weighted by Gasteiger charge is 2.39. The quantitative estimate of drug-likeness (QED) is 0.919. The molecule has 20 heavy (non-hydrogen) atoms. The van der Waals surface area contributed by atoms with Gasteiger partial charge in [0.05, 0.1) is 0 Å². The standard InChI is InChI=1S/C17H23NO2/c1-2-12-7-8-14(11-12)18-10-9-13-5-3-4-6-15(13)16(18)17(19)20/h3-6,12,14,16H,2,7-11H2,1H3,(H,19,20). The van der Waals surface area contributed by atoms with Gasteiger partial charge in [-0.15, -0.1) is 0 Å². The van der Waals surface area contributed by atoms with Crippen LogP contribution in [0.25, 0.3) is 0 Å². The lowest BCUT2D eigenvalue weighted by Gasteiger charge is -2.39. The van der Waals surface area contributed by atoms with Crippen LogP contribution in [0.3, 0.4) is 0 Å². The predicted molar refractivity (Wildman–Crippen MR) is 78.6 cm³/mol. The Labute approximate surface area is 120 Å². The SMILES string of the molecule is CCC1CCC(N2CCc3ccccc3C2C(=O)O)C1. The number of rotatable bonds is 3. The van der Waals surface area contributed by atoms with Gasteiger partial charge in [-0.3, -0.25) is 9.69 Å². The van der Waals surface area contributed by atoms with E-state index in [1.807, 2.05) is 18.2 Å². The third-order valence-electron chi connectivity index (χ3n) is 5.11. The van der Waals surface area contributed by atoms with Crippen LogP contribution in [0.2, 0.25) is 0 Å². The molecule has 0 spiro atoms. The fourth-order valence-corrected chi connectivity index (χ4v) is 3.97. The molecule has 1 aliphatic carbocycles. The second-order valence-electron chi connectivity index (χ2n) is 6.17. The maximum Gasteiger partial charge on any atom is 0.325 e. The van der Waals surface area contributed by atoms with Crippen molar-refractivity contribution < 1.29 is 9.90 Å². The summed E-state index contributed by atoms with van der Waals surface area (Å²) in [5.41, 5.74) is 2.22. The highest BCUT2D eigenvalue weighted by molar-refractivity contribution is 5.76. The van der Waals surface area contributed by atoms with E-state index in [-0.39, 0.29) is 0 Å². The second kappa shape index (κ2) is 5.57. The zero-order chi connectivity index (χ0) is 14.1. The minimum absolute atomic E-state index is 0.444. The normalized spacial score (nSPS) is 30.1. The Balaban J connectivity index is 1.87. The van der Waals surface area contributed by atoms with E-state index in [1.165, 1.54) is 24.8 Å². The van der Waals surface area contributed by atoms with Crippen molar-refractivity contribution in [3.63, 3.8) is 0 Å². The lowest BCUT2D eigenvalue weighted by Crippen LogP contribution is -2.45. The molecule has 0 bridgehead atoms. The Morgan fingerprint density at radius 2 is 2.15 bits per heavy atom. The fraction of sp³-hybridized carbons (Fsp3) is 0.588. The van der Waals surface area contributed by atoms with Crippen LogP contribution >= 0.6 is 0 Å². The molecule has 3 heteroatoms. The van der Waals surface area contributed by atoms with Gasteiger partial charge in [-0.25, -0.2) is 0 Å². The summed E-state index contributed by atoms with van der Waals surface area (Å²) >= 11 is 0. The second-order valence-corrected chi connectivity index (χ2v) is 6.17. The number of benzene rings is 1. The Kier molecular flexibility index (Phi) is 3.79. The number of hydrogen-bond acceptors (Lipinski definition) is 2. The van der Waals surface area contributed by atoms with Crippen molar-refractivity contribution in [2.75, 3.05) is 6.54 Å². The number of hydrogen-bond donors (Lipinski definition) is 1. The minimum atomic E-state index is -0.697. The average molecular weight is 273 g/mol. The van der Waals surface area contributed by atoms with Gasteiger partial charge in [0.1, 0.15) is 6.04 Å². The predicted octanol–water partition coefficient (Wildman–Crippen LogP) is 3.25. The smallest absolute Gasteiger partial charge is 0.325 e. The Morgan fingerprint density at radius 3 is 2.85 bits per heavy atom. The molecule has 0 aromatic heterocycles. The molecule has 3 nitrogen and oxygen atoms in total. The van der Waals surface area contributed by atoms with Gasteiger partial charge in [-0.1, -0.05) is 37.6 Å². The van der Waals surface area contributed by atoms with Crippen LogP contribution in [0.1, 0.15) is 49.8 Å². The zero-order valence-electron chi connectivity index (χ0n) is 12.1. The van der Waals surface area contributed by atoms with Crippen LogP contribution < -0.4 is 0 Å². The molecule has 3 atom stereocenters. The maximum absolute atomic E-state index is 11.8. The number of carboxylic acids is 1. The van der Waals surface area contributed by atoms with Crippen molar-refractivity contribution in [3.8, 4) is 0 Å². The molecule has 3 rings (SSSR count). The molecule has 108 valence electrons. The van der Waals surface area contributed by atoms with Gasteiger partial charge in [0, 0.05) is 12.6 Å². The first kappa shape index (κ1) is 13.6. The van der Waals surface area contributed by atoms with Crippen molar-refractivity contribution >= 4 is 5.97 Å². The lowest BCUT2D eigenvalue weighted by atomic mass is 9.91. The summed E-state index contributed by atoms with van der Waals surface area (Å²) in [4.78, 5) is 14.0. The number of aliphatic carboxylic acids is 1. The molecule has 1 aromatic rings. The van der Waals surface area contributed by atoms with Crippen LogP contribution in [-0.4, -0.2) is 28.6 Å². The molecule has 1 aromatic carbocycles. The van der Waals surface area contributed by atoms with E-state index in [0.717, 1.165) is 30.9 Å². The molecule has 1 N–H and O–H groups in total. The maximum atomic E-state index is 11.8. The highest BCUT2D eigenvalue weighted by Crippen LogP contribution is 2.38. The van der Waals surface area contributed by atoms with E-state index in [9.17, 15) is 9.90 Å². The zero-order valence-corrected chi connectivity index (χ0v) is 12.1. The van der Waals surface area contributed by atoms with Crippen LogP contribution in [-0.2, 0) is 11.2 Å². The van der Waals surface area contributed by atoms with Crippen molar-refractivity contribution in [3.05, 3.63) is 35.4 Å². The number of fused-ring (bicyclic) bond motifs is 1. The number of nitrogens with zero attached hydrogens (tertiary/aromatic N) is 1. The van der Waals surface area contributed by atoms with E-state index in [2.05, 4.69) is 17.9 Å². The monoisotopic (exact) mass is 273 g/mol. The van der Waals surface area contributed by atoms with E-state index < -0.39 is 12.0 Å². The van der Waals surface area contributed by atoms with E-state index >= 15 is 0 Å². The van der Waals surface area contributed by atoms with Gasteiger partial charge >= 0.3 is 5.97 Å². The molecular weight excluding hydrogens is 250 g/mol. The molecule has 1 fully saturated rings. The number of carbonyl (C=O) groups is 1. The van der Waals surface area contributed by atoms with Crippen LogP contribution in [0.4, 0.5) is 0 Å². The van der Waals surface area contributed by atoms with Crippen LogP contribution in [0.15, 0.2) is 24.3 Å². The van der Waals surface area contributed by atoms with Crippen molar-refractivity contribution in [2.24, 2.45) is 5.92 Å². The molecule has 1 heterocycles. The molecule has 1 saturated carbocycles. The van der Waals surface area contributed by atoms with E-state index in [0.29, 0.717) is 6.04 Å². The summed E-state index contributed by atoms with van der Waals surface area (Å²) in [6.07, 6.45) is 5.78. The molecule has 2 aliphatic rings. The summed E-state index contributed by atoms with van der Waals surface area (Å²) in [6.45, 7) is 3.13. The first-order valence-electron chi connectivity index (χ1n) is 7.77. The highest BCUT2D eigenvalue weighted by atomic mass is 16.4. The molecule has 3 unspecified atom stereocenters. The van der Waals surface area contributed by atoms with Gasteiger partial charge in [-0.05, 0) is 42.7 Å². The molecule has 0 amide bonds. The van der Waals surface area contributed by atoms with E-state index in [4.69, 9.17) is 0 Å². The molecular formula is C17H23NO2. The van der Waals surface area contributed by atoms with Gasteiger partial charge in [0.15, 0.2) is 0 Å². The fourth-order valence-electron chi connectivity index (χ4n) is 3.97. The Hall–Kier alpha value is -1.35. The van der Waals surface area contributed by atoms with Crippen LogP contribution in [0, 0.1) is 5.92 Å². The Bertz CT molecular complexity index is 500. The summed E-state index contributed by atoms with van der Waals surface area (Å²) in [5.74, 6) is 0.0868. The summed E-state index contributed by atoms with van der Waals surface area (Å²) < 4.78 is 0. The third kappa shape index (κ3) is 2.35. The molecule has 0 saturated heterocycles. The van der Waals surface area contributed by atoms with Crippen molar-refractivity contribution in [2.45, 2.75) is 51.1 Å². The topological polar surface area (TPSA) is 40.5 Å². The van der Waals surface area contributed by atoms with Gasteiger partial charge in [0.2, 0.25) is 0 Å². The van der Waals surface area contributed by atoms with E-state index in [1.54, 1.807) is 0 Å². The van der Waals surface area contributed by atoms with Gasteiger partial charge in [0.25, 0.3) is 0 Å². The van der Waals surface area contributed by atoms with Crippen molar-refractivity contribution in [1.29, 1.82) is 0 Å². The minimum Gasteiger partial charge on any atom is -0.480 e. The van der Waals surface area contributed by atoms with Gasteiger partial charge in [-0.2, -0.15) is 0 Å². The average Bonchev–Trinajstić information content (AvgIpc) is 2.94. The number of carboxylic acid groups (broad SMARTS) is 1. The summed E-state index contributed by atoms with van der Waals surface area (Å²) in [7, 11) is 0. The first-order valence-corrected chi connectivity index (χ1v) is 7.77. The van der Waals surface area contributed by atoms with Crippen molar-refractivity contribution in [1.82, 2.24) is 4.90 Å². The summed E-state index contributed by atoms with van der Waals surface area (Å²) in [5, 5.41) is 9.70. The summed E-state index contributed by atoms with van der Waals surface area (Å²) in [6, 6.07) is 8.05. The van der Waals surface area contributed by atoms with Crippen LogP contribution in [0.5, 0.6) is 0 Å². The lowest BCUT2D eigenvalue weighted by molar-refractivity contribution is -0.145.